The lowest BCUT2D eigenvalue weighted by Gasteiger charge is -2.09. The number of amides is 1. The van der Waals surface area contributed by atoms with E-state index in [1.54, 1.807) is 30.4 Å². The van der Waals surface area contributed by atoms with Crippen LogP contribution in [-0.4, -0.2) is 11.1 Å². The largest absolute Gasteiger partial charge is 0.465 e. The van der Waals surface area contributed by atoms with Crippen molar-refractivity contribution in [2.75, 3.05) is 0 Å². The molecule has 0 aliphatic carbocycles. The molecule has 1 aliphatic heterocycles. The number of aliphatic imine (C=N–C) groups is 1. The molecule has 0 saturated carbocycles. The molecule has 0 atom stereocenters. The van der Waals surface area contributed by atoms with Gasteiger partial charge in [-0.3, -0.25) is 4.79 Å². The van der Waals surface area contributed by atoms with Gasteiger partial charge in [0.1, 0.15) is 5.76 Å². The van der Waals surface area contributed by atoms with Gasteiger partial charge in [0, 0.05) is 0 Å². The minimum atomic E-state index is -4.58. The Morgan fingerprint density at radius 3 is 2.77 bits per heavy atom. The van der Waals surface area contributed by atoms with Crippen LogP contribution in [0.4, 0.5) is 18.9 Å². The molecule has 0 unspecified atom stereocenters. The highest BCUT2D eigenvalue weighted by Crippen LogP contribution is 2.37. The van der Waals surface area contributed by atoms with Gasteiger partial charge in [-0.1, -0.05) is 17.7 Å². The predicted octanol–water partition coefficient (Wildman–Crippen LogP) is 5.40. The van der Waals surface area contributed by atoms with E-state index >= 15 is 0 Å². The monoisotopic (exact) mass is 398 g/mol. The van der Waals surface area contributed by atoms with E-state index in [-0.39, 0.29) is 16.8 Å². The number of carbonyl (C=O) groups is 1. The summed E-state index contributed by atoms with van der Waals surface area (Å²) in [4.78, 5) is 16.3. The van der Waals surface area contributed by atoms with Crippen LogP contribution in [0, 0.1) is 0 Å². The Hall–Kier alpha value is -2.45. The second-order valence-corrected chi connectivity index (χ2v) is 6.48. The first kappa shape index (κ1) is 18.3. The van der Waals surface area contributed by atoms with Crippen LogP contribution in [0.2, 0.25) is 5.02 Å². The topological polar surface area (TPSA) is 54.6 Å². The van der Waals surface area contributed by atoms with Gasteiger partial charge in [0.25, 0.3) is 5.91 Å². The molecule has 134 valence electrons. The second kappa shape index (κ2) is 7.43. The number of amidine groups is 1. The molecule has 1 fully saturated rings. The summed E-state index contributed by atoms with van der Waals surface area (Å²) in [5.41, 5.74) is -0.940. The molecule has 1 saturated heterocycles. The lowest BCUT2D eigenvalue weighted by atomic mass is 10.2. The van der Waals surface area contributed by atoms with E-state index in [9.17, 15) is 18.0 Å². The number of carbonyl (C=O) groups excluding carboxylic acids is 1. The zero-order valence-electron chi connectivity index (χ0n) is 12.9. The van der Waals surface area contributed by atoms with Gasteiger partial charge in [-0.25, -0.2) is 4.99 Å². The number of furan rings is 1. The molecular formula is C17H10ClF3N2O2S. The number of allylic oxidation sites excluding steroid dienone is 2. The highest BCUT2D eigenvalue weighted by molar-refractivity contribution is 8.18. The number of hydrogen-bond acceptors (Lipinski definition) is 4. The van der Waals surface area contributed by atoms with Crippen LogP contribution >= 0.6 is 23.4 Å². The molecule has 0 radical (unpaired) electrons. The smallest absolute Gasteiger partial charge is 0.417 e. The lowest BCUT2D eigenvalue weighted by Crippen LogP contribution is -2.19. The van der Waals surface area contributed by atoms with E-state index in [2.05, 4.69) is 10.3 Å². The lowest BCUT2D eigenvalue weighted by molar-refractivity contribution is -0.137. The first-order valence-electron chi connectivity index (χ1n) is 7.19. The molecule has 0 bridgehead atoms. The first-order valence-corrected chi connectivity index (χ1v) is 8.39. The van der Waals surface area contributed by atoms with Crippen LogP contribution in [0.15, 0.2) is 63.1 Å². The van der Waals surface area contributed by atoms with Gasteiger partial charge in [-0.05, 0) is 54.2 Å². The number of nitrogens with one attached hydrogen (secondary N) is 1. The normalized spacial score (nSPS) is 18.2. The van der Waals surface area contributed by atoms with E-state index < -0.39 is 16.8 Å². The molecule has 1 aromatic carbocycles. The Labute approximate surface area is 155 Å². The van der Waals surface area contributed by atoms with Gasteiger partial charge >= 0.3 is 6.18 Å². The standard InChI is InChI=1S/C17H10ClF3N2O2S/c18-13-7-6-10(9-12(13)17(19,20)21)22-16-23-15(24)14(26-16)5-1-3-11-4-2-8-25-11/h1-9H,(H,22,23,24)/b3-1+,14-5-. The Kier molecular flexibility index (Phi) is 5.24. The van der Waals surface area contributed by atoms with Crippen molar-refractivity contribution in [2.24, 2.45) is 4.99 Å². The van der Waals surface area contributed by atoms with E-state index in [4.69, 9.17) is 16.0 Å². The molecule has 2 aromatic rings. The third-order valence-corrected chi connectivity index (χ3v) is 4.45. The van der Waals surface area contributed by atoms with Crippen LogP contribution in [0.25, 0.3) is 6.08 Å². The fraction of sp³-hybridized carbons (Fsp3) is 0.0588. The van der Waals surface area contributed by atoms with E-state index in [1.807, 2.05) is 0 Å². The third-order valence-electron chi connectivity index (χ3n) is 3.19. The quantitative estimate of drug-likeness (QED) is 0.704. The van der Waals surface area contributed by atoms with Crippen molar-refractivity contribution in [3.8, 4) is 0 Å². The zero-order valence-corrected chi connectivity index (χ0v) is 14.5. The average molecular weight is 399 g/mol. The minimum Gasteiger partial charge on any atom is -0.465 e. The van der Waals surface area contributed by atoms with Crippen LogP contribution in [0.3, 0.4) is 0 Å². The van der Waals surface area contributed by atoms with Gasteiger partial charge < -0.3 is 9.73 Å². The molecule has 1 N–H and O–H groups in total. The summed E-state index contributed by atoms with van der Waals surface area (Å²) in [7, 11) is 0. The van der Waals surface area contributed by atoms with Gasteiger partial charge in [0.2, 0.25) is 0 Å². The van der Waals surface area contributed by atoms with Crippen molar-refractivity contribution in [1.82, 2.24) is 5.32 Å². The minimum absolute atomic E-state index is 0.0388. The number of rotatable bonds is 3. The number of nitrogens with zero attached hydrogens (tertiary/aromatic N) is 1. The fourth-order valence-electron chi connectivity index (χ4n) is 2.03. The summed E-state index contributed by atoms with van der Waals surface area (Å²) >= 11 is 6.60. The number of benzene rings is 1. The maximum absolute atomic E-state index is 12.9. The summed E-state index contributed by atoms with van der Waals surface area (Å²) < 4.78 is 43.8. The van der Waals surface area contributed by atoms with Crippen molar-refractivity contribution >= 4 is 46.2 Å². The van der Waals surface area contributed by atoms with Gasteiger partial charge in [-0.2, -0.15) is 13.2 Å². The molecule has 26 heavy (non-hydrogen) atoms. The predicted molar refractivity (Wildman–Crippen MR) is 95.1 cm³/mol. The average Bonchev–Trinajstić information content (AvgIpc) is 3.19. The zero-order chi connectivity index (χ0) is 18.7. The molecule has 1 aromatic heterocycles. The Bertz CT molecular complexity index is 919. The van der Waals surface area contributed by atoms with Crippen molar-refractivity contribution in [2.45, 2.75) is 6.18 Å². The van der Waals surface area contributed by atoms with Gasteiger partial charge in [0.05, 0.1) is 27.4 Å². The second-order valence-electron chi connectivity index (χ2n) is 5.04. The van der Waals surface area contributed by atoms with Crippen LogP contribution in [0.1, 0.15) is 11.3 Å². The molecule has 4 nitrogen and oxygen atoms in total. The summed E-state index contributed by atoms with van der Waals surface area (Å²) in [5.74, 6) is 0.239. The van der Waals surface area contributed by atoms with E-state index in [0.29, 0.717) is 10.7 Å². The maximum Gasteiger partial charge on any atom is 0.417 e. The molecule has 0 spiro atoms. The number of hydrogen-bond donors (Lipinski definition) is 1. The summed E-state index contributed by atoms with van der Waals surface area (Å²) in [5, 5.41) is 2.28. The number of alkyl halides is 3. The van der Waals surface area contributed by atoms with Crippen molar-refractivity contribution < 1.29 is 22.4 Å². The van der Waals surface area contributed by atoms with Gasteiger partial charge in [-0.15, -0.1) is 0 Å². The Morgan fingerprint density at radius 2 is 2.08 bits per heavy atom. The third kappa shape index (κ3) is 4.39. The maximum atomic E-state index is 12.9. The highest BCUT2D eigenvalue weighted by atomic mass is 35.5. The number of thioether (sulfide) groups is 1. The first-order chi connectivity index (χ1) is 12.3. The van der Waals surface area contributed by atoms with E-state index in [0.717, 1.165) is 23.9 Å². The molecular weight excluding hydrogens is 389 g/mol. The summed E-state index contributed by atoms with van der Waals surface area (Å²) in [6, 6.07) is 6.78. The molecule has 1 aliphatic rings. The summed E-state index contributed by atoms with van der Waals surface area (Å²) in [6.07, 6.45) is 1.81. The van der Waals surface area contributed by atoms with Crippen LogP contribution < -0.4 is 5.32 Å². The van der Waals surface area contributed by atoms with E-state index in [1.165, 1.54) is 12.3 Å². The molecule has 2 heterocycles. The fourth-order valence-corrected chi connectivity index (χ4v) is 3.05. The molecule has 1 amide bonds. The van der Waals surface area contributed by atoms with Crippen molar-refractivity contribution in [1.29, 1.82) is 0 Å². The molecule has 3 rings (SSSR count). The van der Waals surface area contributed by atoms with Crippen molar-refractivity contribution in [3.63, 3.8) is 0 Å². The molecule has 9 heteroatoms. The highest BCUT2D eigenvalue weighted by Gasteiger charge is 2.33. The van der Waals surface area contributed by atoms with Gasteiger partial charge in [0.15, 0.2) is 5.17 Å². The van der Waals surface area contributed by atoms with Crippen LogP contribution in [0.5, 0.6) is 0 Å². The SMILES string of the molecule is O=C1NC(=Nc2ccc(Cl)c(C(F)(F)F)c2)S/C1=C\C=C\c1ccco1. The Balaban J connectivity index is 1.78. The summed E-state index contributed by atoms with van der Waals surface area (Å²) in [6.45, 7) is 0. The van der Waals surface area contributed by atoms with Crippen LogP contribution in [-0.2, 0) is 11.0 Å². The van der Waals surface area contributed by atoms with Crippen molar-refractivity contribution in [3.05, 3.63) is 70.0 Å². The number of halogens is 4. The Morgan fingerprint density at radius 1 is 1.27 bits per heavy atom.